The normalized spacial score (nSPS) is 16.2. The second-order valence-corrected chi connectivity index (χ2v) is 7.30. The Labute approximate surface area is 167 Å². The fourth-order valence-electron chi connectivity index (χ4n) is 3.31. The Bertz CT molecular complexity index is 804. The summed E-state index contributed by atoms with van der Waals surface area (Å²) in [7, 11) is 3.50. The molecule has 0 radical (unpaired) electrons. The van der Waals surface area contributed by atoms with Crippen molar-refractivity contribution in [2.75, 3.05) is 27.2 Å². The third-order valence-electron chi connectivity index (χ3n) is 4.96. The van der Waals surface area contributed by atoms with E-state index in [0.29, 0.717) is 18.5 Å². The molecule has 2 N–H and O–H groups in total. The van der Waals surface area contributed by atoms with Crippen molar-refractivity contribution in [1.29, 1.82) is 0 Å². The Morgan fingerprint density at radius 2 is 1.96 bits per heavy atom. The van der Waals surface area contributed by atoms with E-state index in [0.717, 1.165) is 31.4 Å². The Kier molecular flexibility index (Phi) is 7.00. The fraction of sp³-hybridized carbons (Fsp3) is 0.409. The molecule has 0 bridgehead atoms. The molecular weight excluding hydrogens is 350 g/mol. The van der Waals surface area contributed by atoms with Crippen molar-refractivity contribution in [2.24, 2.45) is 4.99 Å². The average molecular weight is 380 g/mol. The molecule has 1 atom stereocenters. The molecule has 0 fully saturated rings. The minimum Gasteiger partial charge on any atom is -0.356 e. The van der Waals surface area contributed by atoms with Crippen molar-refractivity contribution in [3.05, 3.63) is 65.5 Å². The van der Waals surface area contributed by atoms with Crippen molar-refractivity contribution in [2.45, 2.75) is 31.7 Å². The minimum absolute atomic E-state index is 0.0141. The number of fused-ring (bicyclic) bond motifs is 1. The van der Waals surface area contributed by atoms with Crippen LogP contribution in [0.15, 0.2) is 53.7 Å². The molecule has 1 amide bonds. The number of guanidine groups is 1. The Morgan fingerprint density at radius 1 is 1.18 bits per heavy atom. The molecule has 0 spiro atoms. The summed E-state index contributed by atoms with van der Waals surface area (Å²) in [5, 5.41) is 6.89. The van der Waals surface area contributed by atoms with Gasteiger partial charge < -0.3 is 15.5 Å². The summed E-state index contributed by atoms with van der Waals surface area (Å²) in [6.07, 6.45) is 5.69. The summed E-state index contributed by atoms with van der Waals surface area (Å²) < 4.78 is 0. The monoisotopic (exact) mass is 379 g/mol. The molecule has 6 nitrogen and oxygen atoms in total. The lowest BCUT2D eigenvalue weighted by atomic mass is 9.88. The lowest BCUT2D eigenvalue weighted by molar-refractivity contribution is -0.127. The van der Waals surface area contributed by atoms with Gasteiger partial charge in [-0.2, -0.15) is 0 Å². The number of aliphatic imine (C=N–C) groups is 1. The highest BCUT2D eigenvalue weighted by atomic mass is 16.2. The van der Waals surface area contributed by atoms with Gasteiger partial charge in [0.15, 0.2) is 5.96 Å². The molecule has 1 aliphatic carbocycles. The molecule has 1 aromatic heterocycles. The van der Waals surface area contributed by atoms with Crippen LogP contribution in [0.25, 0.3) is 0 Å². The Hall–Kier alpha value is -2.89. The van der Waals surface area contributed by atoms with E-state index >= 15 is 0 Å². The van der Waals surface area contributed by atoms with Crippen LogP contribution in [0.1, 0.15) is 23.2 Å². The Morgan fingerprint density at radius 3 is 2.71 bits per heavy atom. The topological polar surface area (TPSA) is 69.6 Å². The maximum absolute atomic E-state index is 12.0. The van der Waals surface area contributed by atoms with Crippen molar-refractivity contribution >= 4 is 11.9 Å². The summed E-state index contributed by atoms with van der Waals surface area (Å²) in [6.45, 7) is 0.845. The third kappa shape index (κ3) is 5.81. The summed E-state index contributed by atoms with van der Waals surface area (Å²) >= 11 is 0. The number of carbonyl (C=O) groups is 1. The highest BCUT2D eigenvalue weighted by molar-refractivity contribution is 5.85. The van der Waals surface area contributed by atoms with Gasteiger partial charge in [0.25, 0.3) is 0 Å². The largest absolute Gasteiger partial charge is 0.356 e. The van der Waals surface area contributed by atoms with Gasteiger partial charge in [-0.1, -0.05) is 30.3 Å². The van der Waals surface area contributed by atoms with Crippen LogP contribution in [0, 0.1) is 0 Å². The van der Waals surface area contributed by atoms with Gasteiger partial charge in [0.2, 0.25) is 5.91 Å². The lowest BCUT2D eigenvalue weighted by Crippen LogP contribution is -2.46. The number of pyridine rings is 1. The molecule has 148 valence electrons. The van der Waals surface area contributed by atoms with Gasteiger partial charge in [0.1, 0.15) is 6.54 Å². The van der Waals surface area contributed by atoms with Crippen molar-refractivity contribution < 1.29 is 4.79 Å². The van der Waals surface area contributed by atoms with Crippen molar-refractivity contribution in [3.8, 4) is 0 Å². The molecule has 0 aliphatic heterocycles. The first-order valence-corrected chi connectivity index (χ1v) is 9.83. The summed E-state index contributed by atoms with van der Waals surface area (Å²) in [5.41, 5.74) is 3.86. The SMILES string of the molecule is CN(C)C(=O)CN=C(NCCc1ccccn1)NC1CCc2ccccc2C1. The van der Waals surface area contributed by atoms with Gasteiger partial charge in [0, 0.05) is 45.0 Å². The number of aromatic nitrogens is 1. The van der Waals surface area contributed by atoms with Crippen molar-refractivity contribution in [3.63, 3.8) is 0 Å². The molecule has 1 aromatic carbocycles. The van der Waals surface area contributed by atoms with Crippen LogP contribution in [-0.2, 0) is 24.1 Å². The van der Waals surface area contributed by atoms with Crippen LogP contribution in [-0.4, -0.2) is 55.0 Å². The van der Waals surface area contributed by atoms with E-state index in [1.54, 1.807) is 25.2 Å². The molecule has 1 heterocycles. The third-order valence-corrected chi connectivity index (χ3v) is 4.96. The van der Waals surface area contributed by atoms with Gasteiger partial charge >= 0.3 is 0 Å². The fourth-order valence-corrected chi connectivity index (χ4v) is 3.31. The maximum Gasteiger partial charge on any atom is 0.243 e. The molecule has 1 unspecified atom stereocenters. The number of amides is 1. The number of nitrogens with one attached hydrogen (secondary N) is 2. The van der Waals surface area contributed by atoms with Gasteiger partial charge in [0.05, 0.1) is 0 Å². The maximum atomic E-state index is 12.0. The predicted octanol–water partition coefficient (Wildman–Crippen LogP) is 1.80. The molecule has 6 heteroatoms. The van der Waals surface area contributed by atoms with E-state index < -0.39 is 0 Å². The number of likely N-dealkylation sites (N-methyl/N-ethyl adjacent to an activating group) is 1. The highest BCUT2D eigenvalue weighted by Gasteiger charge is 2.19. The van der Waals surface area contributed by atoms with Gasteiger partial charge in [-0.15, -0.1) is 0 Å². The first-order valence-electron chi connectivity index (χ1n) is 9.83. The summed E-state index contributed by atoms with van der Waals surface area (Å²) in [6, 6.07) is 14.8. The van der Waals surface area contributed by atoms with Gasteiger partial charge in [-0.3, -0.25) is 9.78 Å². The second-order valence-electron chi connectivity index (χ2n) is 7.30. The van der Waals surface area contributed by atoms with E-state index in [2.05, 4.69) is 44.9 Å². The highest BCUT2D eigenvalue weighted by Crippen LogP contribution is 2.20. The molecule has 28 heavy (non-hydrogen) atoms. The summed E-state index contributed by atoms with van der Waals surface area (Å²) in [5.74, 6) is 0.676. The first kappa shape index (κ1) is 19.9. The number of hydrogen-bond donors (Lipinski definition) is 2. The van der Waals surface area contributed by atoms with Crippen LogP contribution in [0.2, 0.25) is 0 Å². The smallest absolute Gasteiger partial charge is 0.243 e. The van der Waals surface area contributed by atoms with Gasteiger partial charge in [-0.05, 0) is 42.5 Å². The lowest BCUT2D eigenvalue weighted by Gasteiger charge is -2.27. The van der Waals surface area contributed by atoms with E-state index in [9.17, 15) is 4.79 Å². The van der Waals surface area contributed by atoms with Crippen LogP contribution in [0.3, 0.4) is 0 Å². The number of nitrogens with zero attached hydrogens (tertiary/aromatic N) is 3. The second kappa shape index (κ2) is 9.88. The van der Waals surface area contributed by atoms with E-state index in [1.807, 2.05) is 18.2 Å². The van der Waals surface area contributed by atoms with E-state index in [1.165, 1.54) is 11.1 Å². The molecule has 1 aliphatic rings. The molecule has 3 rings (SSSR count). The number of benzene rings is 1. The molecule has 0 saturated carbocycles. The minimum atomic E-state index is -0.0141. The average Bonchev–Trinajstić information content (AvgIpc) is 2.72. The van der Waals surface area contributed by atoms with Crippen LogP contribution >= 0.6 is 0 Å². The standard InChI is InChI=1S/C22H29N5O/c1-27(2)21(28)16-25-22(24-14-12-19-9-5-6-13-23-19)26-20-11-10-17-7-3-4-8-18(17)15-20/h3-9,13,20H,10-12,14-16H2,1-2H3,(H2,24,25,26). The van der Waals surface area contributed by atoms with E-state index in [4.69, 9.17) is 0 Å². The van der Waals surface area contributed by atoms with E-state index in [-0.39, 0.29) is 12.5 Å². The number of hydrogen-bond acceptors (Lipinski definition) is 3. The van der Waals surface area contributed by atoms with Crippen LogP contribution < -0.4 is 10.6 Å². The zero-order chi connectivity index (χ0) is 19.8. The molecule has 0 saturated heterocycles. The quantitative estimate of drug-likeness (QED) is 0.593. The zero-order valence-corrected chi connectivity index (χ0v) is 16.7. The predicted molar refractivity (Wildman–Crippen MR) is 112 cm³/mol. The number of rotatable bonds is 6. The van der Waals surface area contributed by atoms with Crippen LogP contribution in [0.5, 0.6) is 0 Å². The molecule has 2 aromatic rings. The summed E-state index contributed by atoms with van der Waals surface area (Å²) in [4.78, 5) is 22.4. The van der Waals surface area contributed by atoms with Crippen molar-refractivity contribution in [1.82, 2.24) is 20.5 Å². The number of carbonyl (C=O) groups excluding carboxylic acids is 1. The van der Waals surface area contributed by atoms with Crippen LogP contribution in [0.4, 0.5) is 0 Å². The zero-order valence-electron chi connectivity index (χ0n) is 16.7. The number of aryl methyl sites for hydroxylation is 1. The first-order chi connectivity index (χ1) is 13.6. The Balaban J connectivity index is 1.60. The molecular formula is C22H29N5O. The van der Waals surface area contributed by atoms with Gasteiger partial charge in [-0.25, -0.2) is 4.99 Å².